The summed E-state index contributed by atoms with van der Waals surface area (Å²) < 4.78 is 18.7. The maximum atomic E-state index is 12.5. The van der Waals surface area contributed by atoms with Gasteiger partial charge in [-0.3, -0.25) is 0 Å². The second-order valence-electron chi connectivity index (χ2n) is 12.9. The lowest BCUT2D eigenvalue weighted by atomic mass is 9.72. The topological polar surface area (TPSA) is 80.3 Å². The number of nitrogens with zero attached hydrogens (tertiary/aromatic N) is 5. The van der Waals surface area contributed by atoms with E-state index in [0.29, 0.717) is 39.4 Å². The van der Waals surface area contributed by atoms with Crippen LogP contribution in [-0.4, -0.2) is 89.5 Å². The van der Waals surface area contributed by atoms with Crippen molar-refractivity contribution in [1.82, 2.24) is 19.8 Å². The molecule has 234 valence electrons. The molecule has 3 fully saturated rings. The van der Waals surface area contributed by atoms with Crippen molar-refractivity contribution in [2.24, 2.45) is 5.41 Å². The average molecular weight is 669 g/mol. The highest BCUT2D eigenvalue weighted by molar-refractivity contribution is 9.10. The molecule has 1 spiro atoms. The van der Waals surface area contributed by atoms with E-state index in [4.69, 9.17) is 35.8 Å². The first-order valence-corrected chi connectivity index (χ1v) is 16.0. The van der Waals surface area contributed by atoms with E-state index in [1.54, 1.807) is 0 Å². The summed E-state index contributed by atoms with van der Waals surface area (Å²) >= 11 is 10.3. The number of aromatic nitrogens is 2. The van der Waals surface area contributed by atoms with Gasteiger partial charge in [0.2, 0.25) is 0 Å². The Morgan fingerprint density at radius 3 is 2.36 bits per heavy atom. The molecule has 0 N–H and O–H groups in total. The molecule has 1 aromatic heterocycles. The highest BCUT2D eigenvalue weighted by Crippen LogP contribution is 2.45. The third-order valence-electron chi connectivity index (χ3n) is 8.40. The Morgan fingerprint density at radius 2 is 1.79 bits per heavy atom. The number of ether oxygens (including phenoxy) is 3. The van der Waals surface area contributed by atoms with Crippen LogP contribution in [0.4, 0.5) is 10.6 Å². The zero-order valence-corrected chi connectivity index (χ0v) is 27.5. The Bertz CT molecular complexity index is 1260. The molecule has 3 aliphatic rings. The quantitative estimate of drug-likeness (QED) is 0.321. The van der Waals surface area contributed by atoms with Crippen LogP contribution in [0.25, 0.3) is 10.9 Å². The summed E-state index contributed by atoms with van der Waals surface area (Å²) in [5.74, 6) is 1.43. The van der Waals surface area contributed by atoms with Gasteiger partial charge in [0.1, 0.15) is 23.0 Å². The molecule has 0 atom stereocenters. The number of piperidine rings is 2. The van der Waals surface area contributed by atoms with Crippen molar-refractivity contribution in [3.05, 3.63) is 15.6 Å². The standard InChI is InChI=1S/C30H43BrClN5O4.CH4/c1-7-39-25-23(31)22(32)16-21-24(25)33-27(40-20-8-12-35(13-9-20)19(2)3)34-26(21)36-14-10-30(11-15-36)17-37(18-30)28(38)41-29(4,5)6;/h16,19-20H,7-15,17-18H2,1-6H3;1H4. The monoisotopic (exact) mass is 667 g/mol. The van der Waals surface area contributed by atoms with Crippen LogP contribution >= 0.6 is 27.5 Å². The third kappa shape index (κ3) is 7.02. The third-order valence-corrected chi connectivity index (χ3v) is 9.71. The predicted molar refractivity (Wildman–Crippen MR) is 172 cm³/mol. The minimum atomic E-state index is -0.487. The Kier molecular flexibility index (Phi) is 10.1. The van der Waals surface area contributed by atoms with E-state index in [0.717, 1.165) is 76.2 Å². The first-order valence-electron chi connectivity index (χ1n) is 14.8. The van der Waals surface area contributed by atoms with Gasteiger partial charge in [-0.15, -0.1) is 0 Å². The van der Waals surface area contributed by atoms with E-state index in [1.165, 1.54) is 0 Å². The second kappa shape index (κ2) is 12.9. The van der Waals surface area contributed by atoms with Crippen molar-refractivity contribution < 1.29 is 19.0 Å². The van der Waals surface area contributed by atoms with Gasteiger partial charge >= 0.3 is 12.1 Å². The number of hydrogen-bond acceptors (Lipinski definition) is 8. The van der Waals surface area contributed by atoms with Crippen LogP contribution in [0.1, 0.15) is 74.7 Å². The molecule has 0 bridgehead atoms. The van der Waals surface area contributed by atoms with E-state index in [2.05, 4.69) is 39.6 Å². The van der Waals surface area contributed by atoms with Crippen molar-refractivity contribution in [2.75, 3.05) is 50.8 Å². The summed E-state index contributed by atoms with van der Waals surface area (Å²) in [6.07, 6.45) is 3.65. The van der Waals surface area contributed by atoms with E-state index in [-0.39, 0.29) is 25.0 Å². The van der Waals surface area contributed by atoms with Crippen LogP contribution in [0.15, 0.2) is 10.5 Å². The lowest BCUT2D eigenvalue weighted by Gasteiger charge is -2.53. The number of amides is 1. The van der Waals surface area contributed by atoms with E-state index in [9.17, 15) is 4.79 Å². The number of rotatable bonds is 6. The molecule has 0 aliphatic carbocycles. The first kappa shape index (κ1) is 32.9. The molecule has 0 radical (unpaired) electrons. The Labute approximate surface area is 264 Å². The van der Waals surface area contributed by atoms with E-state index in [1.807, 2.05) is 38.7 Å². The van der Waals surface area contributed by atoms with Crippen molar-refractivity contribution in [1.29, 1.82) is 0 Å². The number of carbonyl (C=O) groups excluding carboxylic acids is 1. The average Bonchev–Trinajstić information content (AvgIpc) is 2.89. The molecule has 0 saturated carbocycles. The molecule has 42 heavy (non-hydrogen) atoms. The molecule has 3 saturated heterocycles. The van der Waals surface area contributed by atoms with Gasteiger partial charge in [0.05, 0.1) is 16.1 Å². The predicted octanol–water partition coefficient (Wildman–Crippen LogP) is 7.17. The fraction of sp³-hybridized carbons (Fsp3) is 0.710. The van der Waals surface area contributed by atoms with Gasteiger partial charge < -0.3 is 28.9 Å². The molecule has 9 nitrogen and oxygen atoms in total. The highest BCUT2D eigenvalue weighted by atomic mass is 79.9. The fourth-order valence-corrected chi connectivity index (χ4v) is 6.71. The Morgan fingerprint density at radius 1 is 1.14 bits per heavy atom. The number of halogens is 2. The van der Waals surface area contributed by atoms with Crippen LogP contribution in [0.3, 0.4) is 0 Å². The van der Waals surface area contributed by atoms with Crippen LogP contribution in [0.5, 0.6) is 11.8 Å². The minimum absolute atomic E-state index is 0. The molecule has 2 aromatic rings. The molecular formula is C31H47BrClN5O4. The SMILES string of the molecule is C.CCOc1c(Br)c(Cl)cc2c(N3CCC4(CC3)CN(C(=O)OC(C)(C)C)C4)nc(OC3CCN(C(C)C)CC3)nc12. The van der Waals surface area contributed by atoms with Crippen LogP contribution < -0.4 is 14.4 Å². The summed E-state index contributed by atoms with van der Waals surface area (Å²) in [6.45, 7) is 17.7. The molecule has 1 amide bonds. The summed E-state index contributed by atoms with van der Waals surface area (Å²) in [4.78, 5) is 29.0. The van der Waals surface area contributed by atoms with Crippen LogP contribution in [0, 0.1) is 5.41 Å². The molecule has 3 aliphatic heterocycles. The second-order valence-corrected chi connectivity index (χ2v) is 14.1. The smallest absolute Gasteiger partial charge is 0.410 e. The Hall–Kier alpha value is -2.04. The molecule has 5 rings (SSSR count). The molecule has 11 heteroatoms. The lowest BCUT2D eigenvalue weighted by Crippen LogP contribution is -2.62. The van der Waals surface area contributed by atoms with Crippen LogP contribution in [-0.2, 0) is 4.74 Å². The molecule has 1 aromatic carbocycles. The number of hydrogen-bond donors (Lipinski definition) is 0. The largest absolute Gasteiger partial charge is 0.490 e. The summed E-state index contributed by atoms with van der Waals surface area (Å²) in [5.41, 5.74) is 0.332. The van der Waals surface area contributed by atoms with Gasteiger partial charge in [-0.2, -0.15) is 9.97 Å². The van der Waals surface area contributed by atoms with E-state index < -0.39 is 5.60 Å². The molecule has 4 heterocycles. The van der Waals surface area contributed by atoms with Gasteiger partial charge in [0.15, 0.2) is 5.75 Å². The Balaban J connectivity index is 0.00000405. The molecular weight excluding hydrogens is 622 g/mol. The highest BCUT2D eigenvalue weighted by Gasteiger charge is 2.48. The maximum Gasteiger partial charge on any atom is 0.410 e. The first-order chi connectivity index (χ1) is 19.4. The van der Waals surface area contributed by atoms with Crippen LogP contribution in [0.2, 0.25) is 5.02 Å². The van der Waals surface area contributed by atoms with E-state index >= 15 is 0 Å². The lowest BCUT2D eigenvalue weighted by molar-refractivity contribution is -0.0434. The van der Waals surface area contributed by atoms with Gasteiger partial charge in [-0.1, -0.05) is 19.0 Å². The van der Waals surface area contributed by atoms with Crippen molar-refractivity contribution in [2.45, 2.75) is 92.4 Å². The van der Waals surface area contributed by atoms with Gasteiger partial charge in [0.25, 0.3) is 0 Å². The van der Waals surface area contributed by atoms with Crippen molar-refractivity contribution in [3.63, 3.8) is 0 Å². The van der Waals surface area contributed by atoms with Crippen molar-refractivity contribution >= 4 is 50.3 Å². The summed E-state index contributed by atoms with van der Waals surface area (Å²) in [6, 6.07) is 2.83. The molecule has 0 unspecified atom stereocenters. The van der Waals surface area contributed by atoms with Gasteiger partial charge in [-0.05, 0) is 89.2 Å². The minimum Gasteiger partial charge on any atom is -0.490 e. The zero-order valence-electron chi connectivity index (χ0n) is 25.1. The number of benzene rings is 1. The maximum absolute atomic E-state index is 12.5. The van der Waals surface area contributed by atoms with Crippen molar-refractivity contribution in [3.8, 4) is 11.8 Å². The summed E-state index contributed by atoms with van der Waals surface area (Å²) in [7, 11) is 0. The number of fused-ring (bicyclic) bond motifs is 1. The number of carbonyl (C=O) groups is 1. The normalized spacial score (nSPS) is 19.5. The number of anilines is 1. The summed E-state index contributed by atoms with van der Waals surface area (Å²) in [5, 5.41) is 1.41. The fourth-order valence-electron chi connectivity index (χ4n) is 6.10. The zero-order chi connectivity index (χ0) is 29.5. The van der Waals surface area contributed by atoms with Gasteiger partial charge in [0, 0.05) is 56.1 Å². The van der Waals surface area contributed by atoms with Gasteiger partial charge in [-0.25, -0.2) is 4.79 Å². The number of likely N-dealkylation sites (tertiary alicyclic amines) is 2.